The van der Waals surface area contributed by atoms with Gasteiger partial charge >= 0.3 is 0 Å². The number of sulfonamides is 1. The number of nitrogens with one attached hydrogen (secondary N) is 3. The molecule has 10 heteroatoms. The molecule has 160 valence electrons. The number of hydrogen-bond acceptors (Lipinski definition) is 7. The van der Waals surface area contributed by atoms with E-state index in [1.165, 1.54) is 17.8 Å². The number of carbonyl (C=O) groups excluding carboxylic acids is 1. The number of rotatable bonds is 8. The topological polar surface area (TPSA) is 113 Å². The van der Waals surface area contributed by atoms with Crippen LogP contribution in [0.3, 0.4) is 0 Å². The minimum absolute atomic E-state index is 0.265. The van der Waals surface area contributed by atoms with E-state index >= 15 is 0 Å². The van der Waals surface area contributed by atoms with Gasteiger partial charge in [0.2, 0.25) is 21.9 Å². The van der Waals surface area contributed by atoms with Crippen LogP contribution in [0.5, 0.6) is 0 Å². The van der Waals surface area contributed by atoms with Crippen molar-refractivity contribution in [2.45, 2.75) is 16.8 Å². The summed E-state index contributed by atoms with van der Waals surface area (Å²) in [6.07, 6.45) is 4.03. The van der Waals surface area contributed by atoms with Crippen LogP contribution in [0.25, 0.3) is 0 Å². The summed E-state index contributed by atoms with van der Waals surface area (Å²) < 4.78 is 25.3. The predicted molar refractivity (Wildman–Crippen MR) is 124 cm³/mol. The van der Waals surface area contributed by atoms with Crippen molar-refractivity contribution in [3.05, 3.63) is 72.9 Å². The molecule has 0 saturated heterocycles. The first kappa shape index (κ1) is 22.3. The average Bonchev–Trinajstić information content (AvgIpc) is 2.71. The number of nitrogens with zero attached hydrogens (tertiary/aromatic N) is 2. The van der Waals surface area contributed by atoms with Crippen LogP contribution in [0.4, 0.5) is 23.0 Å². The van der Waals surface area contributed by atoms with Gasteiger partial charge in [-0.25, -0.2) is 18.4 Å². The van der Waals surface area contributed by atoms with Crippen LogP contribution >= 0.6 is 11.8 Å². The molecule has 1 amide bonds. The number of anilines is 4. The van der Waals surface area contributed by atoms with Crippen molar-refractivity contribution in [2.24, 2.45) is 0 Å². The van der Waals surface area contributed by atoms with E-state index < -0.39 is 10.0 Å². The molecule has 2 aromatic carbocycles. The van der Waals surface area contributed by atoms with Gasteiger partial charge in [0.25, 0.3) is 0 Å². The van der Waals surface area contributed by atoms with Crippen molar-refractivity contribution in [3.8, 4) is 0 Å². The van der Waals surface area contributed by atoms with Gasteiger partial charge in [-0.2, -0.15) is 0 Å². The Hall–Kier alpha value is -3.37. The number of benzene rings is 2. The number of aryl methyl sites for hydroxylation is 1. The Morgan fingerprint density at radius 1 is 1.10 bits per heavy atom. The Morgan fingerprint density at radius 2 is 1.81 bits per heavy atom. The standard InChI is InChI=1S/C21H21N5O3S2/c1-4-19(27)23-15-8-10-18(11-9-15)30-20-14(2)13-22-21(25-20)24-16-6-5-7-17(12-16)26-31(3,28)29/h4-13,26H,1H2,2-3H3,(H,23,27)(H,22,24,25). The Labute approximate surface area is 185 Å². The first-order valence-electron chi connectivity index (χ1n) is 9.12. The minimum atomic E-state index is -3.37. The minimum Gasteiger partial charge on any atom is -0.324 e. The van der Waals surface area contributed by atoms with E-state index in [0.29, 0.717) is 23.0 Å². The lowest BCUT2D eigenvalue weighted by atomic mass is 10.3. The van der Waals surface area contributed by atoms with Gasteiger partial charge in [-0.05, 0) is 55.5 Å². The monoisotopic (exact) mass is 455 g/mol. The zero-order chi connectivity index (χ0) is 22.4. The molecule has 3 aromatic rings. The van der Waals surface area contributed by atoms with E-state index in [1.54, 1.807) is 42.6 Å². The van der Waals surface area contributed by atoms with Gasteiger partial charge in [0.15, 0.2) is 0 Å². The molecular weight excluding hydrogens is 434 g/mol. The molecule has 0 aliphatic rings. The van der Waals surface area contributed by atoms with Gasteiger partial charge in [-0.3, -0.25) is 9.52 Å². The number of carbonyl (C=O) groups is 1. The third-order valence-electron chi connectivity index (χ3n) is 3.87. The summed E-state index contributed by atoms with van der Waals surface area (Å²) in [7, 11) is -3.37. The van der Waals surface area contributed by atoms with Crippen LogP contribution in [0.1, 0.15) is 5.56 Å². The maximum absolute atomic E-state index is 11.4. The van der Waals surface area contributed by atoms with Crippen molar-refractivity contribution in [1.29, 1.82) is 0 Å². The lowest BCUT2D eigenvalue weighted by Crippen LogP contribution is -2.09. The normalized spacial score (nSPS) is 10.9. The third kappa shape index (κ3) is 6.83. The molecule has 3 rings (SSSR count). The molecule has 0 unspecified atom stereocenters. The maximum Gasteiger partial charge on any atom is 0.247 e. The molecule has 0 fully saturated rings. The summed E-state index contributed by atoms with van der Waals surface area (Å²) in [5.74, 6) is 0.123. The van der Waals surface area contributed by atoms with E-state index in [4.69, 9.17) is 0 Å². The fraction of sp³-hybridized carbons (Fsp3) is 0.0952. The zero-order valence-electron chi connectivity index (χ0n) is 16.9. The predicted octanol–water partition coefficient (Wildman–Crippen LogP) is 4.18. The largest absolute Gasteiger partial charge is 0.324 e. The quantitative estimate of drug-likeness (QED) is 0.345. The molecule has 0 saturated carbocycles. The lowest BCUT2D eigenvalue weighted by molar-refractivity contribution is -0.111. The Kier molecular flexibility index (Phi) is 6.93. The Bertz CT molecular complexity index is 1210. The summed E-state index contributed by atoms with van der Waals surface area (Å²) >= 11 is 1.47. The third-order valence-corrected chi connectivity index (χ3v) is 5.59. The van der Waals surface area contributed by atoms with E-state index in [0.717, 1.165) is 21.7 Å². The molecule has 0 bridgehead atoms. The van der Waals surface area contributed by atoms with Crippen molar-refractivity contribution in [2.75, 3.05) is 21.6 Å². The second kappa shape index (κ2) is 9.63. The smallest absolute Gasteiger partial charge is 0.247 e. The van der Waals surface area contributed by atoms with Crippen molar-refractivity contribution >= 4 is 50.7 Å². The Balaban J connectivity index is 1.74. The average molecular weight is 456 g/mol. The molecule has 31 heavy (non-hydrogen) atoms. The van der Waals surface area contributed by atoms with Crippen LogP contribution in [0.2, 0.25) is 0 Å². The second-order valence-electron chi connectivity index (χ2n) is 6.58. The highest BCUT2D eigenvalue weighted by Crippen LogP contribution is 2.30. The van der Waals surface area contributed by atoms with Gasteiger partial charge in [-0.1, -0.05) is 24.4 Å². The molecule has 1 heterocycles. The van der Waals surface area contributed by atoms with E-state index in [2.05, 4.69) is 31.9 Å². The molecule has 1 aromatic heterocycles. The summed E-state index contributed by atoms with van der Waals surface area (Å²) in [5, 5.41) is 6.57. The van der Waals surface area contributed by atoms with E-state index in [-0.39, 0.29) is 5.91 Å². The van der Waals surface area contributed by atoms with E-state index in [9.17, 15) is 13.2 Å². The van der Waals surface area contributed by atoms with Gasteiger partial charge in [0.1, 0.15) is 5.03 Å². The molecule has 0 aliphatic carbocycles. The number of hydrogen-bond donors (Lipinski definition) is 3. The summed E-state index contributed by atoms with van der Waals surface area (Å²) in [5.41, 5.74) is 2.68. The highest BCUT2D eigenvalue weighted by Gasteiger charge is 2.08. The highest BCUT2D eigenvalue weighted by molar-refractivity contribution is 7.99. The van der Waals surface area contributed by atoms with Crippen molar-refractivity contribution < 1.29 is 13.2 Å². The van der Waals surface area contributed by atoms with Crippen LogP contribution in [-0.4, -0.2) is 30.5 Å². The second-order valence-corrected chi connectivity index (χ2v) is 9.39. The SMILES string of the molecule is C=CC(=O)Nc1ccc(Sc2nc(Nc3cccc(NS(C)(=O)=O)c3)ncc2C)cc1. The van der Waals surface area contributed by atoms with Crippen LogP contribution in [-0.2, 0) is 14.8 Å². The van der Waals surface area contributed by atoms with Crippen LogP contribution < -0.4 is 15.4 Å². The molecule has 0 radical (unpaired) electrons. The van der Waals surface area contributed by atoms with Gasteiger partial charge in [-0.15, -0.1) is 0 Å². The molecule has 0 spiro atoms. The Morgan fingerprint density at radius 3 is 2.48 bits per heavy atom. The molecule has 8 nitrogen and oxygen atoms in total. The number of aromatic nitrogens is 2. The first-order chi connectivity index (χ1) is 14.7. The molecule has 0 atom stereocenters. The zero-order valence-corrected chi connectivity index (χ0v) is 18.5. The maximum atomic E-state index is 11.4. The summed E-state index contributed by atoms with van der Waals surface area (Å²) in [4.78, 5) is 21.2. The molecule has 0 aliphatic heterocycles. The van der Waals surface area contributed by atoms with E-state index in [1.807, 2.05) is 19.1 Å². The van der Waals surface area contributed by atoms with Crippen LogP contribution in [0, 0.1) is 6.92 Å². The summed E-state index contributed by atoms with van der Waals surface area (Å²) in [6.45, 7) is 5.35. The van der Waals surface area contributed by atoms with Crippen LogP contribution in [0.15, 0.2) is 77.3 Å². The van der Waals surface area contributed by atoms with Crippen molar-refractivity contribution in [3.63, 3.8) is 0 Å². The first-order valence-corrected chi connectivity index (χ1v) is 11.8. The van der Waals surface area contributed by atoms with Gasteiger partial charge in [0.05, 0.1) is 11.9 Å². The fourth-order valence-electron chi connectivity index (χ4n) is 2.50. The highest BCUT2D eigenvalue weighted by atomic mass is 32.2. The fourth-order valence-corrected chi connectivity index (χ4v) is 3.90. The molecule has 3 N–H and O–H groups in total. The lowest BCUT2D eigenvalue weighted by Gasteiger charge is -2.10. The summed E-state index contributed by atoms with van der Waals surface area (Å²) in [6, 6.07) is 14.2. The van der Waals surface area contributed by atoms with Gasteiger partial charge < -0.3 is 10.6 Å². The van der Waals surface area contributed by atoms with Crippen molar-refractivity contribution in [1.82, 2.24) is 9.97 Å². The van der Waals surface area contributed by atoms with Gasteiger partial charge in [0, 0.05) is 28.0 Å². The molecular formula is C21H21N5O3S2. The number of amides is 1.